The second-order valence-electron chi connectivity index (χ2n) is 8.73. The molecule has 2 fully saturated rings. The summed E-state index contributed by atoms with van der Waals surface area (Å²) in [7, 11) is 1.95. The minimum Gasteiger partial charge on any atom is -0.390 e. The van der Waals surface area contributed by atoms with Gasteiger partial charge in [0.15, 0.2) is 0 Å². The van der Waals surface area contributed by atoms with Crippen molar-refractivity contribution in [2.75, 3.05) is 13.6 Å². The van der Waals surface area contributed by atoms with E-state index < -0.39 is 0 Å². The van der Waals surface area contributed by atoms with Crippen molar-refractivity contribution >= 4 is 5.91 Å². The number of carbonyl (C=O) groups excluding carboxylic acids is 1. The quantitative estimate of drug-likeness (QED) is 0.870. The fourth-order valence-corrected chi connectivity index (χ4v) is 4.19. The molecule has 0 unspecified atom stereocenters. The van der Waals surface area contributed by atoms with Crippen molar-refractivity contribution in [3.63, 3.8) is 0 Å². The summed E-state index contributed by atoms with van der Waals surface area (Å²) in [5.74, 6) is 2.57. The molecule has 4 heteroatoms. The van der Waals surface area contributed by atoms with Crippen molar-refractivity contribution in [2.45, 2.75) is 72.3 Å². The highest BCUT2D eigenvalue weighted by Crippen LogP contribution is 2.47. The molecular formula is C22H36N2O2. The lowest BCUT2D eigenvalue weighted by atomic mass is 9.67. The second-order valence-corrected chi connectivity index (χ2v) is 8.73. The van der Waals surface area contributed by atoms with E-state index in [-0.39, 0.29) is 12.0 Å². The van der Waals surface area contributed by atoms with Gasteiger partial charge in [0.05, 0.1) is 17.7 Å². The predicted octanol–water partition coefficient (Wildman–Crippen LogP) is 4.38. The fourth-order valence-electron chi connectivity index (χ4n) is 4.19. The lowest BCUT2D eigenvalue weighted by Gasteiger charge is -2.37. The maximum Gasteiger partial charge on any atom is 0.228 e. The molecule has 3 rings (SSSR count). The van der Waals surface area contributed by atoms with Crippen molar-refractivity contribution in [1.82, 2.24) is 9.88 Å². The summed E-state index contributed by atoms with van der Waals surface area (Å²) in [6.45, 7) is 9.87. The predicted molar refractivity (Wildman–Crippen MR) is 106 cm³/mol. The molecule has 0 bridgehead atoms. The number of pyridine rings is 1. The van der Waals surface area contributed by atoms with E-state index in [1.54, 1.807) is 0 Å². The third kappa shape index (κ3) is 4.85. The molecule has 1 aromatic heterocycles. The van der Waals surface area contributed by atoms with Crippen molar-refractivity contribution in [2.24, 2.45) is 17.3 Å². The fraction of sp³-hybridized carbons (Fsp3) is 0.727. The van der Waals surface area contributed by atoms with Gasteiger partial charge in [0, 0.05) is 19.8 Å². The van der Waals surface area contributed by atoms with Crippen LogP contribution in [0.5, 0.6) is 0 Å². The van der Waals surface area contributed by atoms with Crippen LogP contribution < -0.4 is 0 Å². The Morgan fingerprint density at radius 2 is 1.85 bits per heavy atom. The summed E-state index contributed by atoms with van der Waals surface area (Å²) in [4.78, 5) is 18.1. The van der Waals surface area contributed by atoms with Crippen LogP contribution in [0.15, 0.2) is 18.3 Å². The zero-order valence-corrected chi connectivity index (χ0v) is 17.2. The zero-order valence-electron chi connectivity index (χ0n) is 17.2. The molecular weight excluding hydrogens is 324 g/mol. The largest absolute Gasteiger partial charge is 0.390 e. The molecule has 0 radical (unpaired) electrons. The Morgan fingerprint density at radius 1 is 1.19 bits per heavy atom. The van der Waals surface area contributed by atoms with Gasteiger partial charge in [-0.25, -0.2) is 0 Å². The van der Waals surface area contributed by atoms with Crippen molar-refractivity contribution in [3.8, 4) is 0 Å². The average Bonchev–Trinajstić information content (AvgIpc) is 2.91. The van der Waals surface area contributed by atoms with Gasteiger partial charge in [-0.3, -0.25) is 9.78 Å². The summed E-state index contributed by atoms with van der Waals surface area (Å²) in [6.07, 6.45) is 7.72. The Morgan fingerprint density at radius 3 is 2.23 bits per heavy atom. The van der Waals surface area contributed by atoms with Gasteiger partial charge in [0.25, 0.3) is 0 Å². The summed E-state index contributed by atoms with van der Waals surface area (Å²) in [5, 5.41) is 8.70. The van der Waals surface area contributed by atoms with Gasteiger partial charge >= 0.3 is 0 Å². The van der Waals surface area contributed by atoms with Crippen molar-refractivity contribution in [1.29, 1.82) is 0 Å². The molecule has 1 aliphatic carbocycles. The monoisotopic (exact) mass is 360 g/mol. The van der Waals surface area contributed by atoms with Crippen LogP contribution in [-0.4, -0.2) is 34.5 Å². The number of aromatic nitrogens is 1. The van der Waals surface area contributed by atoms with Gasteiger partial charge in [-0.05, 0) is 61.5 Å². The van der Waals surface area contributed by atoms with Crippen LogP contribution in [0, 0.1) is 17.3 Å². The number of likely N-dealkylation sites (tertiary alicyclic amines) is 1. The molecule has 1 amide bonds. The lowest BCUT2D eigenvalue weighted by molar-refractivity contribution is -0.137. The number of nitrogens with zero attached hydrogens (tertiary/aromatic N) is 2. The highest BCUT2D eigenvalue weighted by Gasteiger charge is 2.47. The molecule has 1 saturated heterocycles. The van der Waals surface area contributed by atoms with Gasteiger partial charge in [-0.1, -0.05) is 33.8 Å². The zero-order chi connectivity index (χ0) is 19.3. The summed E-state index contributed by atoms with van der Waals surface area (Å²) >= 11 is 0. The van der Waals surface area contributed by atoms with Crippen LogP contribution in [0.1, 0.15) is 77.0 Å². The first-order valence-corrected chi connectivity index (χ1v) is 10.1. The van der Waals surface area contributed by atoms with Crippen LogP contribution >= 0.6 is 0 Å². The SMILES string of the molecule is CC(C)C1CCC2(CC1)CCN(C)C2=O.CC(C)c1ccc(CO)nc1. The van der Waals surface area contributed by atoms with E-state index in [9.17, 15) is 4.79 Å². The first kappa shape index (κ1) is 20.9. The normalized spacial score (nSPS) is 25.8. The van der Waals surface area contributed by atoms with E-state index >= 15 is 0 Å². The lowest BCUT2D eigenvalue weighted by Crippen LogP contribution is -2.36. The van der Waals surface area contributed by atoms with Crippen molar-refractivity contribution < 1.29 is 9.90 Å². The van der Waals surface area contributed by atoms with Crippen LogP contribution in [0.3, 0.4) is 0 Å². The number of amides is 1. The third-order valence-electron chi connectivity index (χ3n) is 6.33. The van der Waals surface area contributed by atoms with E-state index in [0.717, 1.165) is 43.3 Å². The summed E-state index contributed by atoms with van der Waals surface area (Å²) in [5.41, 5.74) is 2.00. The Balaban J connectivity index is 0.000000197. The van der Waals surface area contributed by atoms with Crippen molar-refractivity contribution in [3.05, 3.63) is 29.6 Å². The highest BCUT2D eigenvalue weighted by molar-refractivity contribution is 5.84. The molecule has 1 aliphatic heterocycles. The van der Waals surface area contributed by atoms with Crippen LogP contribution in [0.25, 0.3) is 0 Å². The number of aliphatic hydroxyl groups excluding tert-OH is 1. The second kappa shape index (κ2) is 8.98. The Bertz CT molecular complexity index is 572. The number of aliphatic hydroxyl groups is 1. The molecule has 146 valence electrons. The minimum atomic E-state index is 0.0262. The van der Waals surface area contributed by atoms with Gasteiger partial charge in [0.1, 0.15) is 0 Å². The molecule has 4 nitrogen and oxygen atoms in total. The number of hydrogen-bond acceptors (Lipinski definition) is 3. The van der Waals surface area contributed by atoms with E-state index in [0.29, 0.717) is 11.8 Å². The Kier molecular flexibility index (Phi) is 7.22. The smallest absolute Gasteiger partial charge is 0.228 e. The average molecular weight is 361 g/mol. The molecule has 1 spiro atoms. The first-order valence-electron chi connectivity index (χ1n) is 10.1. The topological polar surface area (TPSA) is 53.4 Å². The molecule has 2 aliphatic rings. The molecule has 1 N–H and O–H groups in total. The summed E-state index contributed by atoms with van der Waals surface area (Å²) in [6, 6.07) is 3.86. The Hall–Kier alpha value is -1.42. The third-order valence-corrected chi connectivity index (χ3v) is 6.33. The van der Waals surface area contributed by atoms with E-state index in [1.165, 1.54) is 18.4 Å². The van der Waals surface area contributed by atoms with Crippen LogP contribution in [0.4, 0.5) is 0 Å². The number of carbonyl (C=O) groups is 1. The number of hydrogen-bond donors (Lipinski definition) is 1. The molecule has 0 atom stereocenters. The number of rotatable bonds is 3. The molecule has 0 aromatic carbocycles. The highest BCUT2D eigenvalue weighted by atomic mass is 16.3. The summed E-state index contributed by atoms with van der Waals surface area (Å²) < 4.78 is 0. The van der Waals surface area contributed by atoms with E-state index in [4.69, 9.17) is 5.11 Å². The first-order chi connectivity index (χ1) is 12.3. The van der Waals surface area contributed by atoms with E-state index in [2.05, 4.69) is 32.7 Å². The van der Waals surface area contributed by atoms with Gasteiger partial charge in [0.2, 0.25) is 5.91 Å². The standard InChI is InChI=1S/C13H23NO.C9H13NO/c1-10(2)11-4-6-13(7-5-11)8-9-14(3)12(13)15;1-7(2)8-3-4-9(6-11)10-5-8/h10-11H,4-9H2,1-3H3;3-5,7,11H,6H2,1-2H3. The maximum atomic E-state index is 12.1. The van der Waals surface area contributed by atoms with Gasteiger partial charge < -0.3 is 10.0 Å². The molecule has 26 heavy (non-hydrogen) atoms. The maximum absolute atomic E-state index is 12.1. The van der Waals surface area contributed by atoms with E-state index in [1.807, 2.05) is 30.3 Å². The van der Waals surface area contributed by atoms with Crippen LogP contribution in [0.2, 0.25) is 0 Å². The van der Waals surface area contributed by atoms with Crippen LogP contribution in [-0.2, 0) is 11.4 Å². The van der Waals surface area contributed by atoms with Gasteiger partial charge in [-0.15, -0.1) is 0 Å². The molecule has 1 aromatic rings. The minimum absolute atomic E-state index is 0.0262. The molecule has 2 heterocycles. The molecule has 1 saturated carbocycles. The van der Waals surface area contributed by atoms with Gasteiger partial charge in [-0.2, -0.15) is 0 Å². The Labute approximate surface area is 159 Å².